The molecule has 1 aliphatic heterocycles. The zero-order chi connectivity index (χ0) is 13.2. The number of fused-ring (bicyclic) bond motifs is 1. The molecule has 5 heteroatoms. The molecule has 1 atom stereocenters. The summed E-state index contributed by atoms with van der Waals surface area (Å²) in [4.78, 5) is 11.5. The van der Waals surface area contributed by atoms with E-state index in [4.69, 9.17) is 11.6 Å². The predicted molar refractivity (Wildman–Crippen MR) is 77.4 cm³/mol. The number of imidazole rings is 1. The standard InChI is InChI=1S/C14H19ClN4/c1-11(18-7-2-3-8-18)10-19-13(9-15)17-12-5-4-6-16-14(12)19/h4-6,11H,2-3,7-10H2,1H3. The summed E-state index contributed by atoms with van der Waals surface area (Å²) in [5.74, 6) is 1.35. The molecule has 1 aliphatic rings. The summed E-state index contributed by atoms with van der Waals surface area (Å²) >= 11 is 6.02. The van der Waals surface area contributed by atoms with Crippen molar-refractivity contribution < 1.29 is 0 Å². The Hall–Kier alpha value is -1.13. The Bertz CT molecular complexity index is 560. The van der Waals surface area contributed by atoms with E-state index in [-0.39, 0.29) is 0 Å². The lowest BCUT2D eigenvalue weighted by atomic mass is 10.3. The molecule has 0 saturated carbocycles. The van der Waals surface area contributed by atoms with Gasteiger partial charge in [0.25, 0.3) is 0 Å². The van der Waals surface area contributed by atoms with E-state index >= 15 is 0 Å². The molecule has 0 bridgehead atoms. The van der Waals surface area contributed by atoms with Gasteiger partial charge < -0.3 is 4.57 Å². The van der Waals surface area contributed by atoms with Gasteiger partial charge in [-0.1, -0.05) is 0 Å². The molecular formula is C14H19ClN4. The number of likely N-dealkylation sites (tertiary alicyclic amines) is 1. The second kappa shape index (κ2) is 5.47. The number of nitrogens with zero attached hydrogens (tertiary/aromatic N) is 4. The summed E-state index contributed by atoms with van der Waals surface area (Å²) < 4.78 is 2.17. The molecule has 3 heterocycles. The maximum atomic E-state index is 6.02. The van der Waals surface area contributed by atoms with Crippen molar-refractivity contribution in [2.45, 2.75) is 38.2 Å². The van der Waals surface area contributed by atoms with E-state index in [1.54, 1.807) is 0 Å². The highest BCUT2D eigenvalue weighted by molar-refractivity contribution is 6.16. The molecule has 0 N–H and O–H groups in total. The first-order valence-corrected chi connectivity index (χ1v) is 7.43. The molecule has 0 spiro atoms. The van der Waals surface area contributed by atoms with Crippen molar-refractivity contribution >= 4 is 22.8 Å². The summed E-state index contributed by atoms with van der Waals surface area (Å²) in [7, 11) is 0. The van der Waals surface area contributed by atoms with Crippen molar-refractivity contribution in [1.82, 2.24) is 19.4 Å². The van der Waals surface area contributed by atoms with Crippen LogP contribution in [0.25, 0.3) is 11.2 Å². The van der Waals surface area contributed by atoms with Gasteiger partial charge in [0, 0.05) is 18.8 Å². The third-order valence-corrected chi connectivity index (χ3v) is 4.15. The molecule has 1 saturated heterocycles. The van der Waals surface area contributed by atoms with Crippen molar-refractivity contribution in [2.75, 3.05) is 13.1 Å². The highest BCUT2D eigenvalue weighted by atomic mass is 35.5. The van der Waals surface area contributed by atoms with E-state index in [2.05, 4.69) is 26.4 Å². The van der Waals surface area contributed by atoms with Crippen molar-refractivity contribution in [3.8, 4) is 0 Å². The molecule has 1 unspecified atom stereocenters. The number of halogens is 1. The minimum absolute atomic E-state index is 0.434. The lowest BCUT2D eigenvalue weighted by Gasteiger charge is -2.24. The Morgan fingerprint density at radius 3 is 2.89 bits per heavy atom. The van der Waals surface area contributed by atoms with Gasteiger partial charge in [-0.15, -0.1) is 11.6 Å². The van der Waals surface area contributed by atoms with Crippen LogP contribution in [0.4, 0.5) is 0 Å². The van der Waals surface area contributed by atoms with Gasteiger partial charge in [0.05, 0.1) is 5.88 Å². The molecule has 0 aliphatic carbocycles. The van der Waals surface area contributed by atoms with Crippen LogP contribution in [0.3, 0.4) is 0 Å². The second-order valence-corrected chi connectivity index (χ2v) is 5.48. The molecule has 0 radical (unpaired) electrons. The number of alkyl halides is 1. The summed E-state index contributed by atoms with van der Waals surface area (Å²) in [6, 6.07) is 4.42. The SMILES string of the molecule is CC(Cn1c(CCl)nc2cccnc21)N1CCCC1. The van der Waals surface area contributed by atoms with Crippen molar-refractivity contribution in [3.63, 3.8) is 0 Å². The van der Waals surface area contributed by atoms with E-state index in [0.29, 0.717) is 11.9 Å². The van der Waals surface area contributed by atoms with Crippen molar-refractivity contribution in [3.05, 3.63) is 24.2 Å². The number of pyridine rings is 1. The average molecular weight is 279 g/mol. The smallest absolute Gasteiger partial charge is 0.160 e. The van der Waals surface area contributed by atoms with Crippen LogP contribution in [-0.2, 0) is 12.4 Å². The first kappa shape index (κ1) is 12.9. The first-order valence-electron chi connectivity index (χ1n) is 6.89. The first-order chi connectivity index (χ1) is 9.29. The fourth-order valence-corrected chi connectivity index (χ4v) is 3.07. The molecular weight excluding hydrogens is 260 g/mol. The number of aromatic nitrogens is 3. The van der Waals surface area contributed by atoms with Gasteiger partial charge >= 0.3 is 0 Å². The topological polar surface area (TPSA) is 34.0 Å². The molecule has 3 rings (SSSR count). The zero-order valence-electron chi connectivity index (χ0n) is 11.2. The Morgan fingerprint density at radius 1 is 1.37 bits per heavy atom. The van der Waals surface area contributed by atoms with Gasteiger partial charge in [0.2, 0.25) is 0 Å². The van der Waals surface area contributed by atoms with Crippen LogP contribution >= 0.6 is 11.6 Å². The Kier molecular flexibility index (Phi) is 3.71. The van der Waals surface area contributed by atoms with Crippen LogP contribution in [-0.4, -0.2) is 38.6 Å². The van der Waals surface area contributed by atoms with Crippen LogP contribution < -0.4 is 0 Å². The van der Waals surface area contributed by atoms with Crippen LogP contribution in [0, 0.1) is 0 Å². The lowest BCUT2D eigenvalue weighted by Crippen LogP contribution is -2.34. The molecule has 2 aromatic heterocycles. The van der Waals surface area contributed by atoms with Gasteiger partial charge in [0.15, 0.2) is 5.65 Å². The van der Waals surface area contributed by atoms with E-state index < -0.39 is 0 Å². The predicted octanol–water partition coefficient (Wildman–Crippen LogP) is 2.65. The molecule has 2 aromatic rings. The van der Waals surface area contributed by atoms with Crippen LogP contribution in [0.5, 0.6) is 0 Å². The largest absolute Gasteiger partial charge is 0.310 e. The normalized spacial score (nSPS) is 18.2. The number of hydrogen-bond acceptors (Lipinski definition) is 3. The zero-order valence-corrected chi connectivity index (χ0v) is 12.0. The third kappa shape index (κ3) is 2.47. The maximum absolute atomic E-state index is 6.02. The fourth-order valence-electron chi connectivity index (χ4n) is 2.86. The molecule has 1 fully saturated rings. The van der Waals surface area contributed by atoms with Gasteiger partial charge in [-0.3, -0.25) is 4.90 Å². The second-order valence-electron chi connectivity index (χ2n) is 5.21. The van der Waals surface area contributed by atoms with Crippen molar-refractivity contribution in [2.24, 2.45) is 0 Å². The highest BCUT2D eigenvalue weighted by Crippen LogP contribution is 2.19. The minimum Gasteiger partial charge on any atom is -0.310 e. The summed E-state index contributed by atoms with van der Waals surface area (Å²) in [5, 5.41) is 0. The summed E-state index contributed by atoms with van der Waals surface area (Å²) in [5.41, 5.74) is 1.89. The summed E-state index contributed by atoms with van der Waals surface area (Å²) in [6.45, 7) is 5.60. The van der Waals surface area contributed by atoms with Gasteiger partial charge in [-0.05, 0) is 45.0 Å². The van der Waals surface area contributed by atoms with Crippen molar-refractivity contribution in [1.29, 1.82) is 0 Å². The molecule has 102 valence electrons. The van der Waals surface area contributed by atoms with Gasteiger partial charge in [0.1, 0.15) is 11.3 Å². The third-order valence-electron chi connectivity index (χ3n) is 3.91. The monoisotopic (exact) mass is 278 g/mol. The molecule has 4 nitrogen and oxygen atoms in total. The van der Waals surface area contributed by atoms with Gasteiger partial charge in [-0.2, -0.15) is 0 Å². The number of hydrogen-bond donors (Lipinski definition) is 0. The van der Waals surface area contributed by atoms with Crippen LogP contribution in [0.15, 0.2) is 18.3 Å². The van der Waals surface area contributed by atoms with Gasteiger partial charge in [-0.25, -0.2) is 9.97 Å². The Morgan fingerprint density at radius 2 is 2.16 bits per heavy atom. The van der Waals surface area contributed by atoms with E-state index in [1.165, 1.54) is 25.9 Å². The Labute approximate surface area is 118 Å². The molecule has 19 heavy (non-hydrogen) atoms. The average Bonchev–Trinajstić information content (AvgIpc) is 3.06. The Balaban J connectivity index is 1.90. The van der Waals surface area contributed by atoms with Crippen LogP contribution in [0.2, 0.25) is 0 Å². The van der Waals surface area contributed by atoms with E-state index in [1.807, 2.05) is 18.3 Å². The van der Waals surface area contributed by atoms with Crippen LogP contribution in [0.1, 0.15) is 25.6 Å². The summed E-state index contributed by atoms with van der Waals surface area (Å²) in [6.07, 6.45) is 4.45. The maximum Gasteiger partial charge on any atom is 0.160 e. The highest BCUT2D eigenvalue weighted by Gasteiger charge is 2.20. The minimum atomic E-state index is 0.434. The molecule has 0 aromatic carbocycles. The fraction of sp³-hybridized carbons (Fsp3) is 0.571. The number of rotatable bonds is 4. The van der Waals surface area contributed by atoms with E-state index in [9.17, 15) is 0 Å². The molecule has 0 amide bonds. The quantitative estimate of drug-likeness (QED) is 0.807. The van der Waals surface area contributed by atoms with E-state index in [0.717, 1.165) is 23.5 Å². The lowest BCUT2D eigenvalue weighted by molar-refractivity contribution is 0.236.